The van der Waals surface area contributed by atoms with Gasteiger partial charge in [0.1, 0.15) is 11.6 Å². The van der Waals surface area contributed by atoms with Gasteiger partial charge in [-0.1, -0.05) is 28.1 Å². The largest absolute Gasteiger partial charge is 0.497 e. The summed E-state index contributed by atoms with van der Waals surface area (Å²) in [6, 6.07) is 11.7. The van der Waals surface area contributed by atoms with Crippen molar-refractivity contribution in [1.82, 2.24) is 5.43 Å². The van der Waals surface area contributed by atoms with Crippen LogP contribution >= 0.6 is 15.9 Å². The number of benzene rings is 2. The van der Waals surface area contributed by atoms with E-state index in [1.165, 1.54) is 12.1 Å². The first-order valence-corrected chi connectivity index (χ1v) is 6.50. The molecule has 0 amide bonds. The summed E-state index contributed by atoms with van der Waals surface area (Å²) in [7, 11) is 1.60. The van der Waals surface area contributed by atoms with Crippen LogP contribution in [0.25, 0.3) is 0 Å². The first-order chi connectivity index (χ1) is 9.15. The standard InChI is InChI=1S/C14H14BrFN2O/c1-19-11-4-2-3-9(7-11)14(18-17)12-8-10(16)5-6-13(12)15/h2-8,14,18H,17H2,1H3. The Balaban J connectivity index is 2.46. The molecule has 0 fully saturated rings. The Morgan fingerprint density at radius 2 is 2.05 bits per heavy atom. The number of methoxy groups -OCH3 is 1. The van der Waals surface area contributed by atoms with Gasteiger partial charge in [0.25, 0.3) is 0 Å². The highest BCUT2D eigenvalue weighted by atomic mass is 79.9. The van der Waals surface area contributed by atoms with Crippen molar-refractivity contribution in [2.24, 2.45) is 5.84 Å². The average molecular weight is 325 g/mol. The first kappa shape index (κ1) is 14.0. The van der Waals surface area contributed by atoms with E-state index in [1.54, 1.807) is 13.2 Å². The van der Waals surface area contributed by atoms with Gasteiger partial charge in [-0.2, -0.15) is 0 Å². The second kappa shape index (κ2) is 6.14. The van der Waals surface area contributed by atoms with E-state index in [0.29, 0.717) is 0 Å². The van der Waals surface area contributed by atoms with Gasteiger partial charge in [-0.25, -0.2) is 9.82 Å². The Morgan fingerprint density at radius 3 is 2.74 bits per heavy atom. The SMILES string of the molecule is COc1cccc(C(NN)c2cc(F)ccc2Br)c1. The lowest BCUT2D eigenvalue weighted by Crippen LogP contribution is -2.29. The van der Waals surface area contributed by atoms with Crippen LogP contribution in [0.3, 0.4) is 0 Å². The molecule has 5 heteroatoms. The van der Waals surface area contributed by atoms with Crippen LogP contribution in [-0.2, 0) is 0 Å². The maximum absolute atomic E-state index is 13.4. The third-order valence-electron chi connectivity index (χ3n) is 2.86. The molecular formula is C14H14BrFN2O. The molecule has 1 atom stereocenters. The van der Waals surface area contributed by atoms with Gasteiger partial charge < -0.3 is 4.74 Å². The van der Waals surface area contributed by atoms with Crippen LogP contribution in [0.1, 0.15) is 17.2 Å². The monoisotopic (exact) mass is 324 g/mol. The molecule has 0 spiro atoms. The zero-order chi connectivity index (χ0) is 13.8. The predicted molar refractivity (Wildman–Crippen MR) is 76.3 cm³/mol. The molecule has 0 radical (unpaired) electrons. The molecule has 0 saturated heterocycles. The molecule has 0 aliphatic rings. The van der Waals surface area contributed by atoms with E-state index in [1.807, 2.05) is 24.3 Å². The van der Waals surface area contributed by atoms with Gasteiger partial charge in [-0.3, -0.25) is 5.84 Å². The molecule has 2 aromatic carbocycles. The Kier molecular flexibility index (Phi) is 4.52. The third kappa shape index (κ3) is 3.12. The van der Waals surface area contributed by atoms with Crippen LogP contribution in [0.5, 0.6) is 5.75 Å². The van der Waals surface area contributed by atoms with Crippen molar-refractivity contribution >= 4 is 15.9 Å². The first-order valence-electron chi connectivity index (χ1n) is 5.70. The fourth-order valence-corrected chi connectivity index (χ4v) is 2.40. The van der Waals surface area contributed by atoms with Crippen LogP contribution in [0.2, 0.25) is 0 Å². The normalized spacial score (nSPS) is 12.2. The zero-order valence-corrected chi connectivity index (χ0v) is 11.9. The van der Waals surface area contributed by atoms with E-state index in [0.717, 1.165) is 21.3 Å². The van der Waals surface area contributed by atoms with Crippen molar-refractivity contribution in [3.05, 3.63) is 63.9 Å². The summed E-state index contributed by atoms with van der Waals surface area (Å²) in [5.74, 6) is 6.04. The summed E-state index contributed by atoms with van der Waals surface area (Å²) in [4.78, 5) is 0. The average Bonchev–Trinajstić information content (AvgIpc) is 2.44. The van der Waals surface area contributed by atoms with Crippen LogP contribution in [0, 0.1) is 5.82 Å². The number of hydrogen-bond acceptors (Lipinski definition) is 3. The number of ether oxygens (including phenoxy) is 1. The lowest BCUT2D eigenvalue weighted by atomic mass is 9.99. The van der Waals surface area contributed by atoms with Gasteiger partial charge in [-0.15, -0.1) is 0 Å². The van der Waals surface area contributed by atoms with Crippen LogP contribution in [0.15, 0.2) is 46.9 Å². The molecule has 100 valence electrons. The molecular weight excluding hydrogens is 311 g/mol. The molecule has 0 aromatic heterocycles. The topological polar surface area (TPSA) is 47.3 Å². The second-order valence-electron chi connectivity index (χ2n) is 4.04. The molecule has 0 saturated carbocycles. The third-order valence-corrected chi connectivity index (χ3v) is 3.59. The van der Waals surface area contributed by atoms with Crippen LogP contribution in [-0.4, -0.2) is 7.11 Å². The minimum atomic E-state index is -0.319. The summed E-state index contributed by atoms with van der Waals surface area (Å²) in [5, 5.41) is 0. The van der Waals surface area contributed by atoms with Gasteiger partial charge in [0.2, 0.25) is 0 Å². The summed E-state index contributed by atoms with van der Waals surface area (Å²) in [6.07, 6.45) is 0. The fourth-order valence-electron chi connectivity index (χ4n) is 1.92. The molecule has 2 rings (SSSR count). The number of rotatable bonds is 4. The number of nitrogens with two attached hydrogens (primary N) is 1. The minimum Gasteiger partial charge on any atom is -0.497 e. The van der Waals surface area contributed by atoms with Gasteiger partial charge in [0, 0.05) is 4.47 Å². The lowest BCUT2D eigenvalue weighted by Gasteiger charge is -2.19. The van der Waals surface area contributed by atoms with Crippen molar-refractivity contribution in [2.45, 2.75) is 6.04 Å². The smallest absolute Gasteiger partial charge is 0.123 e. The molecule has 3 nitrogen and oxygen atoms in total. The Hall–Kier alpha value is -1.43. The van der Waals surface area contributed by atoms with E-state index in [4.69, 9.17) is 10.6 Å². The van der Waals surface area contributed by atoms with E-state index in [-0.39, 0.29) is 11.9 Å². The summed E-state index contributed by atoms with van der Waals surface area (Å²) < 4.78 is 19.4. The van der Waals surface area contributed by atoms with Gasteiger partial charge in [-0.05, 0) is 41.5 Å². The summed E-state index contributed by atoms with van der Waals surface area (Å²) in [5.41, 5.74) is 4.33. The van der Waals surface area contributed by atoms with E-state index >= 15 is 0 Å². The Labute approximate surface area is 119 Å². The van der Waals surface area contributed by atoms with Gasteiger partial charge in [0.15, 0.2) is 0 Å². The number of nitrogens with one attached hydrogen (secondary N) is 1. The molecule has 1 unspecified atom stereocenters. The molecule has 0 aliphatic heterocycles. The van der Waals surface area contributed by atoms with E-state index < -0.39 is 0 Å². The van der Waals surface area contributed by atoms with E-state index in [2.05, 4.69) is 21.4 Å². The Bertz CT molecular complexity index is 577. The van der Waals surface area contributed by atoms with Crippen molar-refractivity contribution in [3.63, 3.8) is 0 Å². The molecule has 0 heterocycles. The lowest BCUT2D eigenvalue weighted by molar-refractivity contribution is 0.413. The summed E-state index contributed by atoms with van der Waals surface area (Å²) >= 11 is 3.41. The number of hydrazine groups is 1. The predicted octanol–water partition coefficient (Wildman–Crippen LogP) is 3.15. The van der Waals surface area contributed by atoms with Crippen LogP contribution < -0.4 is 16.0 Å². The molecule has 0 bridgehead atoms. The molecule has 2 aromatic rings. The minimum absolute atomic E-state index is 0.304. The number of hydrogen-bond donors (Lipinski definition) is 2. The highest BCUT2D eigenvalue weighted by Crippen LogP contribution is 2.30. The summed E-state index contributed by atoms with van der Waals surface area (Å²) in [6.45, 7) is 0. The maximum Gasteiger partial charge on any atom is 0.123 e. The Morgan fingerprint density at radius 1 is 1.26 bits per heavy atom. The quantitative estimate of drug-likeness (QED) is 0.671. The van der Waals surface area contributed by atoms with Crippen molar-refractivity contribution < 1.29 is 9.13 Å². The molecule has 0 aliphatic carbocycles. The molecule has 19 heavy (non-hydrogen) atoms. The van der Waals surface area contributed by atoms with Crippen LogP contribution in [0.4, 0.5) is 4.39 Å². The highest BCUT2D eigenvalue weighted by Gasteiger charge is 2.16. The van der Waals surface area contributed by atoms with Gasteiger partial charge >= 0.3 is 0 Å². The highest BCUT2D eigenvalue weighted by molar-refractivity contribution is 9.10. The molecule has 3 N–H and O–H groups in total. The van der Waals surface area contributed by atoms with Crippen molar-refractivity contribution in [1.29, 1.82) is 0 Å². The zero-order valence-electron chi connectivity index (χ0n) is 10.4. The van der Waals surface area contributed by atoms with Gasteiger partial charge in [0.05, 0.1) is 13.2 Å². The number of halogens is 2. The second-order valence-corrected chi connectivity index (χ2v) is 4.90. The van der Waals surface area contributed by atoms with E-state index in [9.17, 15) is 4.39 Å². The van der Waals surface area contributed by atoms with Crippen molar-refractivity contribution in [3.8, 4) is 5.75 Å². The fraction of sp³-hybridized carbons (Fsp3) is 0.143. The van der Waals surface area contributed by atoms with Crippen molar-refractivity contribution in [2.75, 3.05) is 7.11 Å². The maximum atomic E-state index is 13.4.